The van der Waals surface area contributed by atoms with Gasteiger partial charge >= 0.3 is 6.18 Å². The molecule has 118 valence electrons. The largest absolute Gasteiger partial charge is 0.416 e. The topological polar surface area (TPSA) is 46.2 Å². The molecule has 1 aliphatic carbocycles. The lowest BCUT2D eigenvalue weighted by atomic mass is 9.66. The molecule has 0 spiro atoms. The predicted octanol–water partition coefficient (Wildman–Crippen LogP) is 3.89. The Morgan fingerprint density at radius 2 is 1.95 bits per heavy atom. The minimum absolute atomic E-state index is 0.289. The SMILES string of the molecule is CC1CCC(CN)(C(O)c2cccc(C(F)(F)F)c2)CC1. The third kappa shape index (κ3) is 3.40. The first-order valence-electron chi connectivity index (χ1n) is 7.34. The summed E-state index contributed by atoms with van der Waals surface area (Å²) in [7, 11) is 0. The molecule has 1 aliphatic rings. The molecule has 2 rings (SSSR count). The zero-order valence-electron chi connectivity index (χ0n) is 12.2. The van der Waals surface area contributed by atoms with Crippen molar-refractivity contribution in [3.63, 3.8) is 0 Å². The van der Waals surface area contributed by atoms with E-state index in [1.165, 1.54) is 6.07 Å². The first kappa shape index (κ1) is 16.3. The van der Waals surface area contributed by atoms with E-state index in [0.717, 1.165) is 37.8 Å². The van der Waals surface area contributed by atoms with Crippen molar-refractivity contribution in [3.05, 3.63) is 35.4 Å². The van der Waals surface area contributed by atoms with Crippen LogP contribution in [0.4, 0.5) is 13.2 Å². The standard InChI is InChI=1S/C16H22F3NO/c1-11-5-7-15(10-20,8-6-11)14(21)12-3-2-4-13(9-12)16(17,18)19/h2-4,9,11,14,21H,5-8,10,20H2,1H3. The fourth-order valence-corrected chi connectivity index (χ4v) is 3.16. The van der Waals surface area contributed by atoms with Crippen LogP contribution in [0, 0.1) is 11.3 Å². The van der Waals surface area contributed by atoms with Crippen molar-refractivity contribution < 1.29 is 18.3 Å². The fraction of sp³-hybridized carbons (Fsp3) is 0.625. The molecule has 0 aliphatic heterocycles. The van der Waals surface area contributed by atoms with Crippen molar-refractivity contribution in [1.29, 1.82) is 0 Å². The number of rotatable bonds is 3. The van der Waals surface area contributed by atoms with Crippen LogP contribution in [0.15, 0.2) is 24.3 Å². The van der Waals surface area contributed by atoms with E-state index in [4.69, 9.17) is 5.73 Å². The average Bonchev–Trinajstić information content (AvgIpc) is 2.47. The Morgan fingerprint density at radius 1 is 1.33 bits per heavy atom. The van der Waals surface area contributed by atoms with Gasteiger partial charge in [-0.25, -0.2) is 0 Å². The summed E-state index contributed by atoms with van der Waals surface area (Å²) in [6.07, 6.45) is -1.94. The monoisotopic (exact) mass is 301 g/mol. The molecule has 1 saturated carbocycles. The Balaban J connectivity index is 2.28. The molecule has 0 radical (unpaired) electrons. The molecule has 1 aromatic carbocycles. The van der Waals surface area contributed by atoms with Gasteiger partial charge in [-0.15, -0.1) is 0 Å². The van der Waals surface area contributed by atoms with Gasteiger partial charge in [0, 0.05) is 12.0 Å². The molecule has 1 unspecified atom stereocenters. The van der Waals surface area contributed by atoms with Gasteiger partial charge in [-0.2, -0.15) is 13.2 Å². The van der Waals surface area contributed by atoms with E-state index in [9.17, 15) is 18.3 Å². The second-order valence-corrected chi connectivity index (χ2v) is 6.27. The van der Waals surface area contributed by atoms with Crippen molar-refractivity contribution in [2.75, 3.05) is 6.54 Å². The van der Waals surface area contributed by atoms with Gasteiger partial charge in [0.2, 0.25) is 0 Å². The maximum Gasteiger partial charge on any atom is 0.416 e. The summed E-state index contributed by atoms with van der Waals surface area (Å²) in [6.45, 7) is 2.44. The Morgan fingerprint density at radius 3 is 2.48 bits per heavy atom. The Bertz CT molecular complexity index is 479. The summed E-state index contributed by atoms with van der Waals surface area (Å²) in [5, 5.41) is 10.6. The van der Waals surface area contributed by atoms with Gasteiger partial charge < -0.3 is 10.8 Å². The number of hydrogen-bond donors (Lipinski definition) is 2. The molecule has 0 amide bonds. The highest BCUT2D eigenvalue weighted by Crippen LogP contribution is 2.47. The van der Waals surface area contributed by atoms with Crippen molar-refractivity contribution in [1.82, 2.24) is 0 Å². The maximum absolute atomic E-state index is 12.8. The molecule has 0 bridgehead atoms. The smallest absolute Gasteiger partial charge is 0.388 e. The highest BCUT2D eigenvalue weighted by Gasteiger charge is 2.41. The van der Waals surface area contributed by atoms with Crippen LogP contribution < -0.4 is 5.73 Å². The lowest BCUT2D eigenvalue weighted by Crippen LogP contribution is -2.40. The molecule has 1 fully saturated rings. The number of benzene rings is 1. The van der Waals surface area contributed by atoms with Crippen LogP contribution in [-0.2, 0) is 6.18 Å². The summed E-state index contributed by atoms with van der Waals surface area (Å²) in [5.74, 6) is 0.582. The molecule has 0 heterocycles. The molecular weight excluding hydrogens is 279 g/mol. The maximum atomic E-state index is 12.8. The van der Waals surface area contributed by atoms with Gasteiger partial charge in [0.05, 0.1) is 11.7 Å². The van der Waals surface area contributed by atoms with E-state index in [1.54, 1.807) is 6.07 Å². The zero-order chi connectivity index (χ0) is 15.7. The van der Waals surface area contributed by atoms with Crippen molar-refractivity contribution >= 4 is 0 Å². The van der Waals surface area contributed by atoms with E-state index >= 15 is 0 Å². The van der Waals surface area contributed by atoms with Crippen molar-refractivity contribution in [2.45, 2.75) is 44.9 Å². The number of hydrogen-bond acceptors (Lipinski definition) is 2. The van der Waals surface area contributed by atoms with Gasteiger partial charge in [-0.1, -0.05) is 31.9 Å². The van der Waals surface area contributed by atoms with Gasteiger partial charge in [-0.05, 0) is 36.5 Å². The molecule has 0 saturated heterocycles. The molecular formula is C16H22F3NO. The lowest BCUT2D eigenvalue weighted by Gasteiger charge is -2.42. The first-order valence-corrected chi connectivity index (χ1v) is 7.34. The highest BCUT2D eigenvalue weighted by molar-refractivity contribution is 5.28. The van der Waals surface area contributed by atoms with Gasteiger partial charge in [0.15, 0.2) is 0 Å². The third-order valence-electron chi connectivity index (χ3n) is 4.79. The first-order chi connectivity index (χ1) is 9.78. The quantitative estimate of drug-likeness (QED) is 0.889. The van der Waals surface area contributed by atoms with Crippen LogP contribution in [0.2, 0.25) is 0 Å². The average molecular weight is 301 g/mol. The molecule has 1 aromatic rings. The second kappa shape index (κ2) is 5.97. The zero-order valence-corrected chi connectivity index (χ0v) is 12.2. The lowest BCUT2D eigenvalue weighted by molar-refractivity contribution is -0.137. The molecule has 3 N–H and O–H groups in total. The van der Waals surface area contributed by atoms with Crippen LogP contribution in [0.25, 0.3) is 0 Å². The number of aliphatic hydroxyl groups is 1. The van der Waals surface area contributed by atoms with Crippen LogP contribution >= 0.6 is 0 Å². The number of aliphatic hydroxyl groups excluding tert-OH is 1. The number of halogens is 3. The Labute approximate surface area is 123 Å². The van der Waals surface area contributed by atoms with E-state index in [-0.39, 0.29) is 6.54 Å². The molecule has 1 atom stereocenters. The van der Waals surface area contributed by atoms with E-state index in [0.29, 0.717) is 11.5 Å². The summed E-state index contributed by atoms with van der Waals surface area (Å²) in [4.78, 5) is 0. The minimum atomic E-state index is -4.40. The highest BCUT2D eigenvalue weighted by atomic mass is 19.4. The second-order valence-electron chi connectivity index (χ2n) is 6.27. The van der Waals surface area contributed by atoms with Gasteiger partial charge in [0.1, 0.15) is 0 Å². The molecule has 5 heteroatoms. The summed E-state index contributed by atoms with van der Waals surface area (Å²) in [6, 6.07) is 4.96. The van der Waals surface area contributed by atoms with Crippen molar-refractivity contribution in [3.8, 4) is 0 Å². The van der Waals surface area contributed by atoms with Crippen LogP contribution in [0.3, 0.4) is 0 Å². The van der Waals surface area contributed by atoms with E-state index in [2.05, 4.69) is 6.92 Å². The minimum Gasteiger partial charge on any atom is -0.388 e. The van der Waals surface area contributed by atoms with E-state index < -0.39 is 23.3 Å². The fourth-order valence-electron chi connectivity index (χ4n) is 3.16. The summed E-state index contributed by atoms with van der Waals surface area (Å²) >= 11 is 0. The Kier molecular flexibility index (Phi) is 4.63. The van der Waals surface area contributed by atoms with Crippen LogP contribution in [0.5, 0.6) is 0 Å². The van der Waals surface area contributed by atoms with Gasteiger partial charge in [0.25, 0.3) is 0 Å². The summed E-state index contributed by atoms with van der Waals surface area (Å²) < 4.78 is 38.4. The van der Waals surface area contributed by atoms with Crippen LogP contribution in [0.1, 0.15) is 49.8 Å². The molecule has 0 aromatic heterocycles. The number of alkyl halides is 3. The van der Waals surface area contributed by atoms with E-state index in [1.807, 2.05) is 0 Å². The Hall–Kier alpha value is -1.07. The van der Waals surface area contributed by atoms with Crippen LogP contribution in [-0.4, -0.2) is 11.7 Å². The van der Waals surface area contributed by atoms with Crippen molar-refractivity contribution in [2.24, 2.45) is 17.1 Å². The molecule has 2 nitrogen and oxygen atoms in total. The van der Waals surface area contributed by atoms with Gasteiger partial charge in [-0.3, -0.25) is 0 Å². The molecule has 21 heavy (non-hydrogen) atoms. The third-order valence-corrected chi connectivity index (χ3v) is 4.79. The summed E-state index contributed by atoms with van der Waals surface area (Å²) in [5.41, 5.74) is 4.94. The normalized spacial score (nSPS) is 28.4. The number of nitrogens with two attached hydrogens (primary N) is 1. The predicted molar refractivity (Wildman–Crippen MR) is 75.5 cm³/mol.